The number of hydrogen-bond acceptors (Lipinski definition) is 8. The quantitative estimate of drug-likeness (QED) is 0.109. The first-order chi connectivity index (χ1) is 17.4. The maximum atomic E-state index is 13.3. The summed E-state index contributed by atoms with van der Waals surface area (Å²) in [6.07, 6.45) is 3.03. The first-order valence-corrected chi connectivity index (χ1v) is 13.1. The molecule has 1 N–H and O–H groups in total. The molecule has 2 aromatic heterocycles. The van der Waals surface area contributed by atoms with Gasteiger partial charge in [0.05, 0.1) is 11.6 Å². The predicted octanol–water partition coefficient (Wildman–Crippen LogP) is 5.81. The molecule has 5 rings (SSSR count). The topological polar surface area (TPSA) is 96.3 Å². The molecular formula is C26H19ClN4O3S2. The second-order valence-electron chi connectivity index (χ2n) is 8.05. The molecule has 1 amide bonds. The van der Waals surface area contributed by atoms with Crippen LogP contribution in [-0.4, -0.2) is 32.0 Å². The lowest BCUT2D eigenvalue weighted by Crippen LogP contribution is -2.29. The van der Waals surface area contributed by atoms with Gasteiger partial charge in [0.2, 0.25) is 5.13 Å². The first kappa shape index (κ1) is 24.2. The number of Topliss-reactive ketones (excluding diaryl/α,β-unsaturated/α-hetero) is 1. The third-order valence-corrected chi connectivity index (χ3v) is 8.18. The van der Waals surface area contributed by atoms with Crippen LogP contribution in [0, 0.1) is 6.92 Å². The summed E-state index contributed by atoms with van der Waals surface area (Å²) < 4.78 is 0.628. The molecule has 10 heteroatoms. The average Bonchev–Trinajstić information content (AvgIpc) is 3.46. The van der Waals surface area contributed by atoms with Gasteiger partial charge in [-0.3, -0.25) is 19.5 Å². The van der Waals surface area contributed by atoms with E-state index in [0.717, 1.165) is 11.1 Å². The molecule has 1 aliphatic rings. The van der Waals surface area contributed by atoms with Crippen molar-refractivity contribution in [3.63, 3.8) is 0 Å². The molecule has 7 nitrogen and oxygen atoms in total. The van der Waals surface area contributed by atoms with Gasteiger partial charge >= 0.3 is 5.91 Å². The van der Waals surface area contributed by atoms with Crippen LogP contribution in [0.4, 0.5) is 5.13 Å². The fourth-order valence-corrected chi connectivity index (χ4v) is 6.03. The van der Waals surface area contributed by atoms with Crippen LogP contribution in [0.5, 0.6) is 0 Å². The second-order valence-corrected chi connectivity index (χ2v) is 10.6. The van der Waals surface area contributed by atoms with Gasteiger partial charge in [0.15, 0.2) is 4.34 Å². The Hall–Kier alpha value is -3.53. The number of benzene rings is 2. The van der Waals surface area contributed by atoms with E-state index in [2.05, 4.69) is 15.2 Å². The summed E-state index contributed by atoms with van der Waals surface area (Å²) in [6.45, 7) is 1.95. The molecule has 1 aliphatic heterocycles. The molecule has 180 valence electrons. The molecule has 3 heterocycles. The predicted molar refractivity (Wildman–Crippen MR) is 141 cm³/mol. The highest BCUT2D eigenvalue weighted by Crippen LogP contribution is 2.44. The number of aromatic nitrogens is 3. The number of carbonyl (C=O) groups excluding carboxylic acids is 2. The second kappa shape index (κ2) is 10.2. The van der Waals surface area contributed by atoms with Crippen molar-refractivity contribution in [3.05, 3.63) is 106 Å². The van der Waals surface area contributed by atoms with Gasteiger partial charge in [-0.25, -0.2) is 0 Å². The number of hydrogen-bond donors (Lipinski definition) is 1. The Balaban J connectivity index is 1.54. The van der Waals surface area contributed by atoms with Crippen molar-refractivity contribution < 1.29 is 14.7 Å². The number of ketones is 1. The molecule has 0 radical (unpaired) electrons. The molecule has 0 bridgehead atoms. The highest BCUT2D eigenvalue weighted by molar-refractivity contribution is 8.00. The van der Waals surface area contributed by atoms with Gasteiger partial charge in [0, 0.05) is 28.7 Å². The number of aliphatic hydroxyl groups excluding tert-OH is 1. The fourth-order valence-electron chi connectivity index (χ4n) is 3.87. The number of nitrogens with zero attached hydrogens (tertiary/aromatic N) is 4. The standard InChI is InChI=1S/C26H19ClN4O3S2/c1-15-6-8-16(9-7-15)21-20(22(32)17-10-12-28-13-11-17)23(33)24(34)31(21)25-29-30-26(36-25)35-14-18-4-2-3-5-19(18)27/h2-13,21,32H,14H2,1H3. The smallest absolute Gasteiger partial charge is 0.301 e. The zero-order chi connectivity index (χ0) is 25.2. The number of anilines is 1. The minimum Gasteiger partial charge on any atom is -0.507 e. The van der Waals surface area contributed by atoms with E-state index in [9.17, 15) is 14.7 Å². The number of pyridine rings is 1. The maximum absolute atomic E-state index is 13.3. The highest BCUT2D eigenvalue weighted by Gasteiger charge is 2.48. The van der Waals surface area contributed by atoms with Crippen LogP contribution in [0.15, 0.2) is 83.0 Å². The molecule has 0 aliphatic carbocycles. The van der Waals surface area contributed by atoms with Gasteiger partial charge in [0.1, 0.15) is 5.76 Å². The minimum atomic E-state index is -0.854. The van der Waals surface area contributed by atoms with E-state index in [1.807, 2.05) is 55.5 Å². The summed E-state index contributed by atoms with van der Waals surface area (Å²) in [5, 5.41) is 20.5. The SMILES string of the molecule is Cc1ccc(C2C(=C(O)c3ccncc3)C(=O)C(=O)N2c2nnc(SCc3ccccc3Cl)s2)cc1. The van der Waals surface area contributed by atoms with Gasteiger partial charge in [-0.15, -0.1) is 10.2 Å². The Kier molecular flexibility index (Phi) is 6.86. The normalized spacial score (nSPS) is 17.1. The summed E-state index contributed by atoms with van der Waals surface area (Å²) in [7, 11) is 0. The number of aryl methyl sites for hydroxylation is 1. The van der Waals surface area contributed by atoms with E-state index in [0.29, 0.717) is 26.2 Å². The largest absolute Gasteiger partial charge is 0.507 e. The molecule has 1 atom stereocenters. The summed E-state index contributed by atoms with van der Waals surface area (Å²) in [6, 6.07) is 17.3. The number of carbonyl (C=O) groups is 2. The lowest BCUT2D eigenvalue weighted by Gasteiger charge is -2.22. The van der Waals surface area contributed by atoms with E-state index in [1.54, 1.807) is 12.1 Å². The van der Waals surface area contributed by atoms with Crippen molar-refractivity contribution in [2.75, 3.05) is 4.90 Å². The summed E-state index contributed by atoms with van der Waals surface area (Å²) in [4.78, 5) is 31.8. The Morgan fingerprint density at radius 2 is 1.78 bits per heavy atom. The van der Waals surface area contributed by atoms with Gasteiger partial charge < -0.3 is 5.11 Å². The zero-order valence-electron chi connectivity index (χ0n) is 19.0. The molecular weight excluding hydrogens is 516 g/mol. The Labute approximate surface area is 220 Å². The van der Waals surface area contributed by atoms with Crippen LogP contribution in [0.1, 0.15) is 28.3 Å². The minimum absolute atomic E-state index is 0.00414. The Morgan fingerprint density at radius 3 is 2.50 bits per heavy atom. The van der Waals surface area contributed by atoms with Crippen molar-refractivity contribution in [3.8, 4) is 0 Å². The third kappa shape index (κ3) is 4.65. The first-order valence-electron chi connectivity index (χ1n) is 10.9. The molecule has 1 saturated heterocycles. The Bertz CT molecular complexity index is 1470. The highest BCUT2D eigenvalue weighted by atomic mass is 35.5. The number of rotatable bonds is 6. The van der Waals surface area contributed by atoms with Gasteiger partial charge in [-0.1, -0.05) is 82.7 Å². The van der Waals surface area contributed by atoms with E-state index in [-0.39, 0.29) is 16.5 Å². The van der Waals surface area contributed by atoms with E-state index >= 15 is 0 Å². The van der Waals surface area contributed by atoms with Crippen LogP contribution < -0.4 is 4.90 Å². The number of amides is 1. The van der Waals surface area contributed by atoms with E-state index in [4.69, 9.17) is 11.6 Å². The maximum Gasteiger partial charge on any atom is 0.301 e. The molecule has 1 fully saturated rings. The summed E-state index contributed by atoms with van der Waals surface area (Å²) in [5.41, 5.74) is 3.05. The van der Waals surface area contributed by atoms with Crippen LogP contribution in [0.3, 0.4) is 0 Å². The number of aliphatic hydroxyl groups is 1. The molecule has 1 unspecified atom stereocenters. The van der Waals surface area contributed by atoms with E-state index < -0.39 is 17.7 Å². The van der Waals surface area contributed by atoms with Gasteiger partial charge in [-0.2, -0.15) is 0 Å². The fraction of sp³-hybridized carbons (Fsp3) is 0.115. The van der Waals surface area contributed by atoms with Crippen molar-refractivity contribution in [1.29, 1.82) is 0 Å². The molecule has 0 spiro atoms. The summed E-state index contributed by atoms with van der Waals surface area (Å²) >= 11 is 8.91. The third-order valence-electron chi connectivity index (χ3n) is 5.70. The Morgan fingerprint density at radius 1 is 1.06 bits per heavy atom. The summed E-state index contributed by atoms with van der Waals surface area (Å²) in [5.74, 6) is -1.23. The van der Waals surface area contributed by atoms with Crippen molar-refractivity contribution in [2.24, 2.45) is 0 Å². The molecule has 2 aromatic carbocycles. The van der Waals surface area contributed by atoms with E-state index in [1.165, 1.54) is 40.4 Å². The number of halogens is 1. The van der Waals surface area contributed by atoms with Gasteiger partial charge in [-0.05, 0) is 36.2 Å². The average molecular weight is 535 g/mol. The number of thioether (sulfide) groups is 1. The van der Waals surface area contributed by atoms with Crippen LogP contribution in [-0.2, 0) is 15.3 Å². The molecule has 4 aromatic rings. The van der Waals surface area contributed by atoms with Crippen molar-refractivity contribution >= 4 is 57.3 Å². The van der Waals surface area contributed by atoms with Gasteiger partial charge in [0.25, 0.3) is 5.78 Å². The lowest BCUT2D eigenvalue weighted by atomic mass is 9.95. The molecule has 36 heavy (non-hydrogen) atoms. The lowest BCUT2D eigenvalue weighted by molar-refractivity contribution is -0.132. The van der Waals surface area contributed by atoms with Crippen LogP contribution in [0.25, 0.3) is 5.76 Å². The molecule has 0 saturated carbocycles. The van der Waals surface area contributed by atoms with Crippen molar-refractivity contribution in [1.82, 2.24) is 15.2 Å². The van der Waals surface area contributed by atoms with Crippen LogP contribution in [0.2, 0.25) is 5.02 Å². The monoisotopic (exact) mass is 534 g/mol. The van der Waals surface area contributed by atoms with Crippen molar-refractivity contribution in [2.45, 2.75) is 23.1 Å². The zero-order valence-corrected chi connectivity index (χ0v) is 21.3. The van der Waals surface area contributed by atoms with Crippen LogP contribution >= 0.6 is 34.7 Å².